The molecule has 0 saturated heterocycles. The Bertz CT molecular complexity index is 3450. The molecule has 6 aliphatic heterocycles. The van der Waals surface area contributed by atoms with E-state index in [1.807, 2.05) is 23.5 Å². The van der Waals surface area contributed by atoms with E-state index >= 15 is 0 Å². The number of fused-ring (bicyclic) bond motifs is 13. The lowest BCUT2D eigenvalue weighted by molar-refractivity contribution is 0.467. The van der Waals surface area contributed by atoms with Crippen LogP contribution in [0, 0.1) is 0 Å². The van der Waals surface area contributed by atoms with Gasteiger partial charge in [-0.25, -0.2) is 0 Å². The lowest BCUT2D eigenvalue weighted by Gasteiger charge is -2.46. The Morgan fingerprint density at radius 2 is 0.873 bits per heavy atom. The summed E-state index contributed by atoms with van der Waals surface area (Å²) >= 11 is 3.82. The summed E-state index contributed by atoms with van der Waals surface area (Å²) in [5.41, 5.74) is 18.1. The zero-order valence-electron chi connectivity index (χ0n) is 33.7. The molecule has 0 bridgehead atoms. The fraction of sp³-hybridized carbons (Fsp3) is 0. The lowest BCUT2D eigenvalue weighted by atomic mass is 9.29. The Labute approximate surface area is 374 Å². The maximum Gasteiger partial charge on any atom is 0.260 e. The molecular weight excluding hydrogens is 805 g/mol. The first-order valence-electron chi connectivity index (χ1n) is 21.6. The molecule has 9 aromatic rings. The van der Waals surface area contributed by atoms with Crippen LogP contribution in [-0.4, -0.2) is 20.1 Å². The van der Waals surface area contributed by atoms with Crippen molar-refractivity contribution < 1.29 is 9.47 Å². The summed E-state index contributed by atoms with van der Waals surface area (Å²) in [6.45, 7) is -0.100. The number of anilines is 6. The number of ether oxygens (including phenoxy) is 2. The van der Waals surface area contributed by atoms with E-state index in [-0.39, 0.29) is 20.1 Å². The van der Waals surface area contributed by atoms with Crippen LogP contribution in [0.4, 0.5) is 34.1 Å². The fourth-order valence-electron chi connectivity index (χ4n) is 11.4. The standard InChI is InChI=1S/C54H31B3N2O2S2/c1-3-15-32(16-4-1)58-39-22-13-23-40-50(39)57(37-29-38-49(31-41(37)58)63-48-28-14-27-47-53(48)56(38)36-21-9-12-26-46(36)62-47)51-42(59(40)33-17-5-2-6-18-33)30-45-52-54(51)61-44-25-11-8-20-35(44)55(52)34-19-7-10-24-43(34)60-45/h1-31H. The molecule has 0 saturated carbocycles. The molecule has 9 aromatic carbocycles. The van der Waals surface area contributed by atoms with Gasteiger partial charge in [-0.3, -0.25) is 0 Å². The van der Waals surface area contributed by atoms with Crippen LogP contribution in [0.5, 0.6) is 23.0 Å². The molecule has 290 valence electrons. The fourth-order valence-corrected chi connectivity index (χ4v) is 13.8. The summed E-state index contributed by atoms with van der Waals surface area (Å²) in [5.74, 6) is 3.51. The molecule has 4 nitrogen and oxygen atoms in total. The smallest absolute Gasteiger partial charge is 0.260 e. The second-order valence-electron chi connectivity index (χ2n) is 17.0. The average Bonchev–Trinajstić information content (AvgIpc) is 3.33. The zero-order valence-corrected chi connectivity index (χ0v) is 35.3. The molecule has 0 atom stereocenters. The van der Waals surface area contributed by atoms with Crippen LogP contribution in [0.3, 0.4) is 0 Å². The predicted molar refractivity (Wildman–Crippen MR) is 264 cm³/mol. The molecule has 6 heterocycles. The second-order valence-corrected chi connectivity index (χ2v) is 19.2. The predicted octanol–water partition coefficient (Wildman–Crippen LogP) is 7.94. The van der Waals surface area contributed by atoms with Gasteiger partial charge in [-0.1, -0.05) is 144 Å². The normalized spacial score (nSPS) is 14.6. The van der Waals surface area contributed by atoms with Crippen LogP contribution in [0.2, 0.25) is 0 Å². The van der Waals surface area contributed by atoms with Crippen molar-refractivity contribution in [1.29, 1.82) is 0 Å². The Balaban J connectivity index is 1.07. The van der Waals surface area contributed by atoms with Gasteiger partial charge in [0.15, 0.2) is 0 Å². The van der Waals surface area contributed by atoms with Crippen LogP contribution < -0.4 is 68.4 Å². The molecule has 0 fully saturated rings. The molecule has 0 aromatic heterocycles. The maximum absolute atomic E-state index is 7.41. The highest BCUT2D eigenvalue weighted by atomic mass is 32.2. The Morgan fingerprint density at radius 3 is 1.59 bits per heavy atom. The third kappa shape index (κ3) is 4.68. The molecule has 0 unspecified atom stereocenters. The lowest BCUT2D eigenvalue weighted by Crippen LogP contribution is -2.66. The first-order chi connectivity index (χ1) is 31.3. The Kier molecular flexibility index (Phi) is 7.05. The summed E-state index contributed by atoms with van der Waals surface area (Å²) in [7, 11) is 0. The monoisotopic (exact) mass is 836 g/mol. The minimum Gasteiger partial charge on any atom is -0.459 e. The molecule has 63 heavy (non-hydrogen) atoms. The zero-order chi connectivity index (χ0) is 40.9. The van der Waals surface area contributed by atoms with Crippen LogP contribution in [0.25, 0.3) is 0 Å². The van der Waals surface area contributed by atoms with Gasteiger partial charge in [0.2, 0.25) is 6.71 Å². The van der Waals surface area contributed by atoms with Crippen molar-refractivity contribution in [3.05, 3.63) is 188 Å². The topological polar surface area (TPSA) is 24.9 Å². The van der Waals surface area contributed by atoms with Crippen LogP contribution in [0.1, 0.15) is 0 Å². The van der Waals surface area contributed by atoms with Crippen molar-refractivity contribution in [1.82, 2.24) is 0 Å². The van der Waals surface area contributed by atoms with Gasteiger partial charge in [0.25, 0.3) is 13.4 Å². The van der Waals surface area contributed by atoms with E-state index in [1.165, 1.54) is 58.3 Å². The summed E-state index contributed by atoms with van der Waals surface area (Å²) in [5, 5.41) is 0. The average molecular weight is 836 g/mol. The highest BCUT2D eigenvalue weighted by molar-refractivity contribution is 8.01. The van der Waals surface area contributed by atoms with Crippen LogP contribution in [0.15, 0.2) is 208 Å². The molecule has 0 radical (unpaired) electrons. The molecule has 0 spiro atoms. The van der Waals surface area contributed by atoms with E-state index in [2.05, 4.69) is 198 Å². The van der Waals surface area contributed by atoms with E-state index in [0.717, 1.165) is 67.6 Å². The number of para-hydroxylation sites is 4. The summed E-state index contributed by atoms with van der Waals surface area (Å²) in [6.07, 6.45) is 0. The summed E-state index contributed by atoms with van der Waals surface area (Å²) in [4.78, 5) is 10.3. The van der Waals surface area contributed by atoms with Gasteiger partial charge in [0.05, 0.1) is 0 Å². The minimum absolute atomic E-state index is 0.0491. The molecule has 0 N–H and O–H groups in total. The summed E-state index contributed by atoms with van der Waals surface area (Å²) < 4.78 is 14.4. The van der Waals surface area contributed by atoms with Gasteiger partial charge >= 0.3 is 0 Å². The number of nitrogens with zero attached hydrogens (tertiary/aromatic N) is 2. The van der Waals surface area contributed by atoms with Gasteiger partial charge in [-0.05, 0) is 106 Å². The van der Waals surface area contributed by atoms with Crippen molar-refractivity contribution in [2.24, 2.45) is 0 Å². The quantitative estimate of drug-likeness (QED) is 0.164. The number of benzene rings is 9. The third-order valence-electron chi connectivity index (χ3n) is 13.9. The second kappa shape index (κ2) is 12.8. The van der Waals surface area contributed by atoms with Gasteiger partial charge in [0.1, 0.15) is 23.0 Å². The Morgan fingerprint density at radius 1 is 0.317 bits per heavy atom. The molecule has 6 aliphatic rings. The number of rotatable bonds is 2. The molecular formula is C54H31B3N2O2S2. The van der Waals surface area contributed by atoms with Crippen LogP contribution in [-0.2, 0) is 0 Å². The molecule has 0 amide bonds. The van der Waals surface area contributed by atoms with E-state index in [1.54, 1.807) is 0 Å². The van der Waals surface area contributed by atoms with Gasteiger partial charge in [-0.15, -0.1) is 0 Å². The van der Waals surface area contributed by atoms with E-state index in [0.29, 0.717) is 0 Å². The van der Waals surface area contributed by atoms with Crippen molar-refractivity contribution >= 4 is 127 Å². The van der Waals surface area contributed by atoms with E-state index in [4.69, 9.17) is 9.47 Å². The third-order valence-corrected chi connectivity index (χ3v) is 16.2. The molecule has 0 aliphatic carbocycles. The van der Waals surface area contributed by atoms with Gasteiger partial charge < -0.3 is 19.3 Å². The minimum atomic E-state index is -0.162. The van der Waals surface area contributed by atoms with Gasteiger partial charge in [0, 0.05) is 65.2 Å². The van der Waals surface area contributed by atoms with Crippen molar-refractivity contribution in [2.75, 3.05) is 9.80 Å². The highest BCUT2D eigenvalue weighted by Crippen LogP contribution is 2.49. The summed E-state index contributed by atoms with van der Waals surface area (Å²) in [6, 6.07) is 69.0. The first kappa shape index (κ1) is 34.6. The molecule has 9 heteroatoms. The largest absolute Gasteiger partial charge is 0.459 e. The van der Waals surface area contributed by atoms with Crippen LogP contribution >= 0.6 is 23.5 Å². The van der Waals surface area contributed by atoms with Crippen molar-refractivity contribution in [3.63, 3.8) is 0 Å². The van der Waals surface area contributed by atoms with E-state index in [9.17, 15) is 0 Å². The van der Waals surface area contributed by atoms with E-state index < -0.39 is 0 Å². The first-order valence-corrected chi connectivity index (χ1v) is 23.2. The highest BCUT2D eigenvalue weighted by Gasteiger charge is 2.51. The van der Waals surface area contributed by atoms with Crippen molar-refractivity contribution in [2.45, 2.75) is 19.6 Å². The van der Waals surface area contributed by atoms with Gasteiger partial charge in [-0.2, -0.15) is 0 Å². The maximum atomic E-state index is 7.41. The number of hydrogen-bond donors (Lipinski definition) is 0. The Hall–Kier alpha value is -6.93. The number of hydrogen-bond acceptors (Lipinski definition) is 6. The van der Waals surface area contributed by atoms with Crippen molar-refractivity contribution in [3.8, 4) is 23.0 Å². The molecule has 15 rings (SSSR count). The SMILES string of the molecule is c1ccc(N2c3cc4c(cc3B3c5c2cccc5N(c2ccccc2)c2cc5c6c(c23)Oc2ccccc2B6c2ccccc2O5)B2c3ccccc3Sc3cccc(c32)S4)cc1.